The number of pyridine rings is 1. The average molecular weight is 308 g/mol. The van der Waals surface area contributed by atoms with Crippen molar-refractivity contribution >= 4 is 28.9 Å². The third-order valence-corrected chi connectivity index (χ3v) is 4.22. The van der Waals surface area contributed by atoms with Crippen LogP contribution >= 0.6 is 11.8 Å². The van der Waals surface area contributed by atoms with Crippen molar-refractivity contribution < 1.29 is 9.90 Å². The normalized spacial score (nSPS) is 11.4. The maximum atomic E-state index is 10.8. The zero-order valence-corrected chi connectivity index (χ0v) is 13.4. The highest BCUT2D eigenvalue weighted by atomic mass is 32.2. The van der Waals surface area contributed by atoms with Gasteiger partial charge in [-0.05, 0) is 32.1 Å². The van der Waals surface area contributed by atoms with Gasteiger partial charge >= 0.3 is 5.97 Å². The first-order valence-corrected chi connectivity index (χ1v) is 7.85. The molecule has 0 aliphatic rings. The molecule has 0 spiro atoms. The monoisotopic (exact) mass is 308 g/mol. The second-order valence-electron chi connectivity index (χ2n) is 4.98. The van der Waals surface area contributed by atoms with Crippen LogP contribution in [0.3, 0.4) is 0 Å². The molecule has 21 heavy (non-hydrogen) atoms. The molecule has 114 valence electrons. The van der Waals surface area contributed by atoms with Crippen LogP contribution in [-0.4, -0.2) is 56.4 Å². The molecule has 0 saturated carbocycles. The van der Waals surface area contributed by atoms with E-state index in [0.717, 1.165) is 41.5 Å². The molecule has 0 aromatic carbocycles. The van der Waals surface area contributed by atoms with Crippen molar-refractivity contribution in [2.45, 2.75) is 25.5 Å². The zero-order chi connectivity index (χ0) is 15.4. The fourth-order valence-electron chi connectivity index (χ4n) is 1.96. The molecule has 2 rings (SSSR count). The van der Waals surface area contributed by atoms with Crippen LogP contribution in [0.25, 0.3) is 11.2 Å². The van der Waals surface area contributed by atoms with E-state index in [2.05, 4.69) is 28.8 Å². The molecule has 1 N–H and O–H groups in total. The number of likely N-dealkylation sites (N-methyl/N-ethyl adjacent to an activating group) is 1. The summed E-state index contributed by atoms with van der Waals surface area (Å²) in [6.45, 7) is 6.67. The van der Waals surface area contributed by atoms with E-state index in [1.54, 1.807) is 0 Å². The highest BCUT2D eigenvalue weighted by Crippen LogP contribution is 2.23. The summed E-state index contributed by atoms with van der Waals surface area (Å²) in [7, 11) is 2.06. The summed E-state index contributed by atoms with van der Waals surface area (Å²) in [6.07, 6.45) is 1.82. The van der Waals surface area contributed by atoms with Gasteiger partial charge in [-0.2, -0.15) is 0 Å². The average Bonchev–Trinajstić information content (AvgIpc) is 2.79. The Labute approximate surface area is 128 Å². The van der Waals surface area contributed by atoms with Gasteiger partial charge in [-0.15, -0.1) is 0 Å². The summed E-state index contributed by atoms with van der Waals surface area (Å²) >= 11 is 1.24. The maximum Gasteiger partial charge on any atom is 0.313 e. The molecule has 7 heteroatoms. The zero-order valence-electron chi connectivity index (χ0n) is 12.5. The highest BCUT2D eigenvalue weighted by molar-refractivity contribution is 7.99. The van der Waals surface area contributed by atoms with Crippen LogP contribution in [0.1, 0.15) is 12.5 Å². The Hall–Kier alpha value is -1.60. The van der Waals surface area contributed by atoms with Gasteiger partial charge in [0.2, 0.25) is 0 Å². The standard InChI is InChI=1S/C14H20N4O2S/c1-4-17(3)5-6-18-13-11(7-10(2)8-15-13)16-14(18)21-9-12(19)20/h7-8H,4-6,9H2,1-3H3,(H,19,20). The van der Waals surface area contributed by atoms with Gasteiger partial charge in [-0.3, -0.25) is 4.79 Å². The number of aliphatic carboxylic acids is 1. The molecule has 0 unspecified atom stereocenters. The van der Waals surface area contributed by atoms with Crippen LogP contribution < -0.4 is 0 Å². The highest BCUT2D eigenvalue weighted by Gasteiger charge is 2.14. The van der Waals surface area contributed by atoms with Crippen molar-refractivity contribution in [1.82, 2.24) is 19.4 Å². The van der Waals surface area contributed by atoms with Crippen LogP contribution in [0.2, 0.25) is 0 Å². The van der Waals surface area contributed by atoms with E-state index in [4.69, 9.17) is 5.11 Å². The van der Waals surface area contributed by atoms with E-state index in [1.807, 2.05) is 23.8 Å². The van der Waals surface area contributed by atoms with Crippen molar-refractivity contribution in [1.29, 1.82) is 0 Å². The lowest BCUT2D eigenvalue weighted by Crippen LogP contribution is -2.23. The number of rotatable bonds is 7. The Morgan fingerprint density at radius 3 is 2.95 bits per heavy atom. The number of carboxylic acids is 1. The van der Waals surface area contributed by atoms with E-state index in [0.29, 0.717) is 0 Å². The molecule has 0 radical (unpaired) electrons. The van der Waals surface area contributed by atoms with Crippen LogP contribution in [0.15, 0.2) is 17.4 Å². The van der Waals surface area contributed by atoms with Crippen molar-refractivity contribution in [2.24, 2.45) is 0 Å². The van der Waals surface area contributed by atoms with Gasteiger partial charge in [0.1, 0.15) is 5.52 Å². The van der Waals surface area contributed by atoms with Gasteiger partial charge in [-0.1, -0.05) is 18.7 Å². The van der Waals surface area contributed by atoms with Crippen molar-refractivity contribution in [3.8, 4) is 0 Å². The lowest BCUT2D eigenvalue weighted by molar-refractivity contribution is -0.133. The Kier molecular flexibility index (Phi) is 5.19. The van der Waals surface area contributed by atoms with Crippen molar-refractivity contribution in [3.63, 3.8) is 0 Å². The molecule has 0 aliphatic carbocycles. The quantitative estimate of drug-likeness (QED) is 0.787. The van der Waals surface area contributed by atoms with Crippen LogP contribution in [0.5, 0.6) is 0 Å². The second-order valence-corrected chi connectivity index (χ2v) is 5.92. The minimum absolute atomic E-state index is 0.00587. The number of nitrogens with zero attached hydrogens (tertiary/aromatic N) is 4. The Balaban J connectivity index is 2.32. The summed E-state index contributed by atoms with van der Waals surface area (Å²) in [6, 6.07) is 1.98. The first kappa shape index (κ1) is 15.8. The van der Waals surface area contributed by atoms with E-state index >= 15 is 0 Å². The number of imidazole rings is 1. The summed E-state index contributed by atoms with van der Waals surface area (Å²) in [5.74, 6) is -0.834. The van der Waals surface area contributed by atoms with Gasteiger partial charge in [0.25, 0.3) is 0 Å². The van der Waals surface area contributed by atoms with E-state index in [9.17, 15) is 4.79 Å². The summed E-state index contributed by atoms with van der Waals surface area (Å²) < 4.78 is 2.01. The predicted molar refractivity (Wildman–Crippen MR) is 83.8 cm³/mol. The number of hydrogen-bond acceptors (Lipinski definition) is 5. The minimum Gasteiger partial charge on any atom is -0.481 e. The first-order valence-electron chi connectivity index (χ1n) is 6.87. The molecule has 0 aliphatic heterocycles. The molecule has 0 atom stereocenters. The van der Waals surface area contributed by atoms with E-state index in [-0.39, 0.29) is 5.75 Å². The number of thioether (sulfide) groups is 1. The molecule has 2 aromatic rings. The second kappa shape index (κ2) is 6.91. The molecule has 2 heterocycles. The fourth-order valence-corrected chi connectivity index (χ4v) is 2.71. The molecule has 6 nitrogen and oxygen atoms in total. The topological polar surface area (TPSA) is 71.2 Å². The van der Waals surface area contributed by atoms with E-state index in [1.165, 1.54) is 11.8 Å². The van der Waals surface area contributed by atoms with Gasteiger partial charge in [0.05, 0.1) is 5.75 Å². The molecule has 0 amide bonds. The van der Waals surface area contributed by atoms with Crippen molar-refractivity contribution in [2.75, 3.05) is 25.9 Å². The number of aryl methyl sites for hydroxylation is 1. The smallest absolute Gasteiger partial charge is 0.313 e. The number of aromatic nitrogens is 3. The van der Waals surface area contributed by atoms with Gasteiger partial charge < -0.3 is 14.6 Å². The number of carboxylic acid groups (broad SMARTS) is 1. The van der Waals surface area contributed by atoms with Crippen LogP contribution in [0, 0.1) is 6.92 Å². The summed E-state index contributed by atoms with van der Waals surface area (Å²) in [4.78, 5) is 22.0. The Morgan fingerprint density at radius 1 is 1.52 bits per heavy atom. The maximum absolute atomic E-state index is 10.8. The fraction of sp³-hybridized carbons (Fsp3) is 0.500. The molecular weight excluding hydrogens is 288 g/mol. The third-order valence-electron chi connectivity index (χ3n) is 3.26. The molecule has 0 bridgehead atoms. The van der Waals surface area contributed by atoms with Gasteiger partial charge in [0.15, 0.2) is 10.8 Å². The first-order chi connectivity index (χ1) is 10.0. The SMILES string of the molecule is CCN(C)CCn1c(SCC(=O)O)nc2cc(C)cnc21. The van der Waals surface area contributed by atoms with Crippen molar-refractivity contribution in [3.05, 3.63) is 17.8 Å². The van der Waals surface area contributed by atoms with Gasteiger partial charge in [-0.25, -0.2) is 9.97 Å². The molecule has 0 saturated heterocycles. The number of hydrogen-bond donors (Lipinski definition) is 1. The number of fused-ring (bicyclic) bond motifs is 1. The molecular formula is C14H20N4O2S. The predicted octanol–water partition coefficient (Wildman–Crippen LogP) is 1.87. The Bertz CT molecular complexity index is 641. The lowest BCUT2D eigenvalue weighted by atomic mass is 10.3. The van der Waals surface area contributed by atoms with Crippen LogP contribution in [0.4, 0.5) is 0 Å². The largest absolute Gasteiger partial charge is 0.481 e. The summed E-state index contributed by atoms with van der Waals surface area (Å²) in [5.41, 5.74) is 2.69. The molecule has 0 fully saturated rings. The Morgan fingerprint density at radius 2 is 2.29 bits per heavy atom. The third kappa shape index (κ3) is 3.95. The number of carbonyl (C=O) groups is 1. The molecule has 2 aromatic heterocycles. The summed E-state index contributed by atoms with van der Waals surface area (Å²) in [5, 5.41) is 9.58. The minimum atomic E-state index is -0.839. The van der Waals surface area contributed by atoms with Gasteiger partial charge in [0, 0.05) is 19.3 Å². The van der Waals surface area contributed by atoms with E-state index < -0.39 is 5.97 Å². The van der Waals surface area contributed by atoms with Crippen LogP contribution in [-0.2, 0) is 11.3 Å². The lowest BCUT2D eigenvalue weighted by Gasteiger charge is -2.15.